The van der Waals surface area contributed by atoms with Gasteiger partial charge in [-0.15, -0.1) is 0 Å². The van der Waals surface area contributed by atoms with Crippen LogP contribution in [0.15, 0.2) is 0 Å². The first-order valence-electron chi connectivity index (χ1n) is 5.86. The molecule has 6 nitrogen and oxygen atoms in total. The number of carbonyl (C=O) groups is 3. The van der Waals surface area contributed by atoms with E-state index in [9.17, 15) is 14.4 Å². The highest BCUT2D eigenvalue weighted by atomic mass is 16.4. The average molecular weight is 240 g/mol. The van der Waals surface area contributed by atoms with Crippen molar-refractivity contribution in [2.24, 2.45) is 0 Å². The third kappa shape index (κ3) is 2.25. The van der Waals surface area contributed by atoms with E-state index in [2.05, 4.69) is 5.32 Å². The van der Waals surface area contributed by atoms with E-state index >= 15 is 0 Å². The van der Waals surface area contributed by atoms with Gasteiger partial charge in [0.2, 0.25) is 11.8 Å². The number of hydrogen-bond acceptors (Lipinski definition) is 3. The third-order valence-electron chi connectivity index (χ3n) is 3.50. The van der Waals surface area contributed by atoms with Crippen molar-refractivity contribution in [1.82, 2.24) is 10.2 Å². The third-order valence-corrected chi connectivity index (χ3v) is 3.50. The zero-order chi connectivity index (χ0) is 12.5. The molecule has 2 fully saturated rings. The van der Waals surface area contributed by atoms with Crippen LogP contribution in [0.2, 0.25) is 0 Å². The first-order chi connectivity index (χ1) is 8.03. The highest BCUT2D eigenvalue weighted by Gasteiger charge is 2.45. The van der Waals surface area contributed by atoms with E-state index in [1.54, 1.807) is 0 Å². The predicted molar refractivity (Wildman–Crippen MR) is 58.2 cm³/mol. The number of carboxylic acids is 1. The Kier molecular flexibility index (Phi) is 3.04. The van der Waals surface area contributed by atoms with Crippen LogP contribution in [0.1, 0.15) is 32.1 Å². The summed E-state index contributed by atoms with van der Waals surface area (Å²) >= 11 is 0. The minimum absolute atomic E-state index is 0.0200. The van der Waals surface area contributed by atoms with Crippen molar-refractivity contribution < 1.29 is 19.5 Å². The first kappa shape index (κ1) is 11.9. The van der Waals surface area contributed by atoms with E-state index in [0.717, 1.165) is 12.8 Å². The lowest BCUT2D eigenvalue weighted by Gasteiger charge is -2.38. The van der Waals surface area contributed by atoms with Crippen LogP contribution < -0.4 is 5.32 Å². The Balaban J connectivity index is 1.88. The number of carbonyl (C=O) groups excluding carboxylic acids is 2. The molecule has 1 heterocycles. The first-order valence-corrected chi connectivity index (χ1v) is 5.86. The number of hydrogen-bond donors (Lipinski definition) is 2. The van der Waals surface area contributed by atoms with Crippen LogP contribution >= 0.6 is 0 Å². The van der Waals surface area contributed by atoms with Crippen LogP contribution in [-0.4, -0.2) is 46.4 Å². The molecule has 0 radical (unpaired) electrons. The van der Waals surface area contributed by atoms with Crippen LogP contribution in [0, 0.1) is 0 Å². The number of amides is 2. The average Bonchev–Trinajstić information content (AvgIpc) is 2.58. The van der Waals surface area contributed by atoms with Gasteiger partial charge < -0.3 is 15.3 Å². The second-order valence-electron chi connectivity index (χ2n) is 4.71. The largest absolute Gasteiger partial charge is 0.480 e. The Labute approximate surface area is 99.0 Å². The topological polar surface area (TPSA) is 86.7 Å². The summed E-state index contributed by atoms with van der Waals surface area (Å²) in [4.78, 5) is 35.5. The molecule has 0 unspecified atom stereocenters. The van der Waals surface area contributed by atoms with Gasteiger partial charge in [0.25, 0.3) is 0 Å². The second kappa shape index (κ2) is 4.35. The van der Waals surface area contributed by atoms with Gasteiger partial charge in [-0.3, -0.25) is 9.59 Å². The normalized spacial score (nSPS) is 22.1. The fourth-order valence-corrected chi connectivity index (χ4v) is 2.27. The fourth-order valence-electron chi connectivity index (χ4n) is 2.27. The number of carboxylic acid groups (broad SMARTS) is 1. The Morgan fingerprint density at radius 1 is 1.35 bits per heavy atom. The summed E-state index contributed by atoms with van der Waals surface area (Å²) in [5, 5.41) is 11.6. The van der Waals surface area contributed by atoms with Gasteiger partial charge in [0.05, 0.1) is 6.54 Å². The molecule has 0 bridgehead atoms. The van der Waals surface area contributed by atoms with Crippen molar-refractivity contribution in [2.75, 3.05) is 13.1 Å². The van der Waals surface area contributed by atoms with E-state index in [4.69, 9.17) is 5.11 Å². The minimum Gasteiger partial charge on any atom is -0.480 e. The summed E-state index contributed by atoms with van der Waals surface area (Å²) in [5.74, 6) is -1.38. The van der Waals surface area contributed by atoms with Crippen molar-refractivity contribution in [2.45, 2.75) is 37.6 Å². The lowest BCUT2D eigenvalue weighted by molar-refractivity contribution is -0.152. The summed E-state index contributed by atoms with van der Waals surface area (Å²) in [5.41, 5.74) is -1.08. The Bertz CT molecular complexity index is 362. The number of rotatable bonds is 4. The van der Waals surface area contributed by atoms with Crippen LogP contribution in [0.25, 0.3) is 0 Å². The zero-order valence-electron chi connectivity index (χ0n) is 9.57. The second-order valence-corrected chi connectivity index (χ2v) is 4.71. The molecule has 2 N–H and O–H groups in total. The Morgan fingerprint density at radius 3 is 2.47 bits per heavy atom. The summed E-state index contributed by atoms with van der Waals surface area (Å²) in [6.45, 7) is 0.570. The quantitative estimate of drug-likeness (QED) is 0.708. The molecule has 1 aliphatic heterocycles. The maximum atomic E-state index is 11.7. The standard InChI is InChI=1S/C11H16N2O4/c14-8(7-13-6-1-3-9(13)15)12-11(10(16)17)4-2-5-11/h1-7H2,(H,12,14)(H,16,17). The van der Waals surface area contributed by atoms with Gasteiger partial charge in [0.15, 0.2) is 0 Å². The molecule has 1 saturated heterocycles. The van der Waals surface area contributed by atoms with Crippen LogP contribution in [0.4, 0.5) is 0 Å². The molecule has 1 aliphatic carbocycles. The van der Waals surface area contributed by atoms with E-state index in [1.807, 2.05) is 0 Å². The van der Waals surface area contributed by atoms with Gasteiger partial charge in [-0.2, -0.15) is 0 Å². The molecule has 0 aromatic heterocycles. The number of likely N-dealkylation sites (tertiary alicyclic amines) is 1. The van der Waals surface area contributed by atoms with Crippen LogP contribution in [-0.2, 0) is 14.4 Å². The van der Waals surface area contributed by atoms with Crippen molar-refractivity contribution in [1.29, 1.82) is 0 Å². The molecule has 94 valence electrons. The lowest BCUT2D eigenvalue weighted by Crippen LogP contribution is -2.60. The minimum atomic E-state index is -1.08. The molecular weight excluding hydrogens is 224 g/mol. The molecule has 0 aromatic rings. The molecule has 1 saturated carbocycles. The van der Waals surface area contributed by atoms with E-state index in [0.29, 0.717) is 25.8 Å². The van der Waals surface area contributed by atoms with E-state index in [1.165, 1.54) is 4.90 Å². The molecule has 6 heteroatoms. The number of aliphatic carboxylic acids is 1. The molecule has 0 aromatic carbocycles. The number of nitrogens with zero attached hydrogens (tertiary/aromatic N) is 1. The molecule has 2 aliphatic rings. The summed E-state index contributed by atoms with van der Waals surface area (Å²) in [6.07, 6.45) is 3.02. The van der Waals surface area contributed by atoms with Gasteiger partial charge in [0.1, 0.15) is 5.54 Å². The molecule has 2 amide bonds. The maximum Gasteiger partial charge on any atom is 0.329 e. The Hall–Kier alpha value is -1.59. The highest BCUT2D eigenvalue weighted by molar-refractivity contribution is 5.91. The predicted octanol–water partition coefficient (Wildman–Crippen LogP) is -0.268. The fraction of sp³-hybridized carbons (Fsp3) is 0.727. The molecule has 2 rings (SSSR count). The molecular formula is C11H16N2O4. The molecule has 0 atom stereocenters. The zero-order valence-corrected chi connectivity index (χ0v) is 9.57. The summed E-state index contributed by atoms with van der Waals surface area (Å²) in [6, 6.07) is 0. The highest BCUT2D eigenvalue weighted by Crippen LogP contribution is 2.31. The van der Waals surface area contributed by atoms with Crippen molar-refractivity contribution in [3.63, 3.8) is 0 Å². The summed E-state index contributed by atoms with van der Waals surface area (Å²) in [7, 11) is 0. The van der Waals surface area contributed by atoms with Crippen LogP contribution in [0.3, 0.4) is 0 Å². The number of nitrogens with one attached hydrogen (secondary N) is 1. The SMILES string of the molecule is O=C(CN1CCCC1=O)NC1(C(=O)O)CCC1. The molecule has 17 heavy (non-hydrogen) atoms. The monoisotopic (exact) mass is 240 g/mol. The van der Waals surface area contributed by atoms with Crippen molar-refractivity contribution >= 4 is 17.8 Å². The smallest absolute Gasteiger partial charge is 0.329 e. The van der Waals surface area contributed by atoms with E-state index in [-0.39, 0.29) is 18.4 Å². The maximum absolute atomic E-state index is 11.7. The van der Waals surface area contributed by atoms with Crippen molar-refractivity contribution in [3.05, 3.63) is 0 Å². The molecule has 0 spiro atoms. The summed E-state index contributed by atoms with van der Waals surface area (Å²) < 4.78 is 0. The lowest BCUT2D eigenvalue weighted by atomic mass is 9.77. The van der Waals surface area contributed by atoms with Gasteiger partial charge >= 0.3 is 5.97 Å². The van der Waals surface area contributed by atoms with Gasteiger partial charge in [-0.05, 0) is 25.7 Å². The van der Waals surface area contributed by atoms with Gasteiger partial charge in [0, 0.05) is 13.0 Å². The van der Waals surface area contributed by atoms with E-state index < -0.39 is 11.5 Å². The van der Waals surface area contributed by atoms with Crippen molar-refractivity contribution in [3.8, 4) is 0 Å². The Morgan fingerprint density at radius 2 is 2.06 bits per heavy atom. The van der Waals surface area contributed by atoms with Gasteiger partial charge in [-0.25, -0.2) is 4.79 Å². The van der Waals surface area contributed by atoms with Gasteiger partial charge in [-0.1, -0.05) is 0 Å². The van der Waals surface area contributed by atoms with Crippen LogP contribution in [0.5, 0.6) is 0 Å².